The molecule has 0 bridgehead atoms. The fourth-order valence-corrected chi connectivity index (χ4v) is 3.90. The highest BCUT2D eigenvalue weighted by atomic mass is 32.2. The third-order valence-electron chi connectivity index (χ3n) is 4.97. The molecule has 1 aliphatic rings. The predicted molar refractivity (Wildman–Crippen MR) is 126 cm³/mol. The van der Waals surface area contributed by atoms with E-state index in [0.717, 1.165) is 43.9 Å². The molecule has 192 valence electrons. The van der Waals surface area contributed by atoms with Gasteiger partial charge in [-0.2, -0.15) is 0 Å². The first-order valence-corrected chi connectivity index (χ1v) is 12.8. The molecule has 0 spiro atoms. The molecule has 1 fully saturated rings. The van der Waals surface area contributed by atoms with Crippen molar-refractivity contribution in [1.82, 2.24) is 15.7 Å². The summed E-state index contributed by atoms with van der Waals surface area (Å²) < 4.78 is 0. The van der Waals surface area contributed by atoms with Crippen molar-refractivity contribution in [2.45, 2.75) is 83.6 Å². The number of nitrogens with zero attached hydrogens (tertiary/aromatic N) is 1. The van der Waals surface area contributed by atoms with Gasteiger partial charge in [0.15, 0.2) is 0 Å². The van der Waals surface area contributed by atoms with Crippen LogP contribution in [0.2, 0.25) is 0 Å². The molecule has 1 aliphatic heterocycles. The first kappa shape index (κ1) is 29.6. The molecule has 4 amide bonds. The molecule has 1 rings (SSSR count). The van der Waals surface area contributed by atoms with Gasteiger partial charge in [-0.1, -0.05) is 37.9 Å². The lowest BCUT2D eigenvalue weighted by molar-refractivity contribution is -0.197. The highest BCUT2D eigenvalue weighted by molar-refractivity contribution is 8.13. The van der Waals surface area contributed by atoms with Gasteiger partial charge in [-0.15, -0.1) is 5.06 Å². The van der Waals surface area contributed by atoms with Crippen LogP contribution in [0.5, 0.6) is 0 Å². The van der Waals surface area contributed by atoms with Crippen LogP contribution in [-0.2, 0) is 33.6 Å². The van der Waals surface area contributed by atoms with Gasteiger partial charge < -0.3 is 21.2 Å². The van der Waals surface area contributed by atoms with Gasteiger partial charge in [0, 0.05) is 38.0 Å². The highest BCUT2D eigenvalue weighted by Gasteiger charge is 2.34. The summed E-state index contributed by atoms with van der Waals surface area (Å²) >= 11 is 0.830. The minimum atomic E-state index is -1.21. The van der Waals surface area contributed by atoms with E-state index in [1.807, 2.05) is 0 Å². The lowest BCUT2D eigenvalue weighted by atomic mass is 10.1. The third-order valence-corrected chi connectivity index (χ3v) is 5.95. The maximum Gasteiger partial charge on any atom is 0.335 e. The number of amides is 4. The standard InChI is InChI=1S/C22H36N4O7S/c1-2-3-7-13-24-17(27)11-14-34-22(32)16(25-18(28)8-5-4-6-12-23)15-21(31)33-26-19(29)9-10-20(26)30/h16H,2-15,23H2,1H3,(H,24,27)(H,25,28). The Hall–Kier alpha value is -2.47. The largest absolute Gasteiger partial charge is 0.356 e. The molecule has 1 unspecified atom stereocenters. The zero-order valence-electron chi connectivity index (χ0n) is 19.8. The molecule has 0 aromatic rings. The molecule has 0 radical (unpaired) electrons. The van der Waals surface area contributed by atoms with Crippen LogP contribution in [-0.4, -0.2) is 64.7 Å². The van der Waals surface area contributed by atoms with E-state index in [9.17, 15) is 28.8 Å². The van der Waals surface area contributed by atoms with Gasteiger partial charge in [-0.3, -0.25) is 24.0 Å². The third kappa shape index (κ3) is 12.1. The second-order valence-corrected chi connectivity index (χ2v) is 9.04. The Balaban J connectivity index is 2.59. The highest BCUT2D eigenvalue weighted by Crippen LogP contribution is 2.15. The number of carbonyl (C=O) groups is 6. The van der Waals surface area contributed by atoms with E-state index in [0.29, 0.717) is 24.6 Å². The number of hydroxylamine groups is 2. The molecule has 1 atom stereocenters. The van der Waals surface area contributed by atoms with Gasteiger partial charge >= 0.3 is 5.97 Å². The average molecular weight is 501 g/mol. The van der Waals surface area contributed by atoms with Crippen molar-refractivity contribution in [2.24, 2.45) is 5.73 Å². The van der Waals surface area contributed by atoms with Gasteiger partial charge in [0.1, 0.15) is 6.04 Å². The molecule has 11 nitrogen and oxygen atoms in total. The number of rotatable bonds is 17. The Bertz CT molecular complexity index is 716. The van der Waals surface area contributed by atoms with Crippen LogP contribution in [0, 0.1) is 0 Å². The van der Waals surface area contributed by atoms with Crippen LogP contribution in [0.4, 0.5) is 0 Å². The zero-order valence-corrected chi connectivity index (χ0v) is 20.6. The van der Waals surface area contributed by atoms with Crippen LogP contribution in [0.1, 0.15) is 77.6 Å². The first-order valence-electron chi connectivity index (χ1n) is 11.8. The minimum Gasteiger partial charge on any atom is -0.356 e. The van der Waals surface area contributed by atoms with Crippen molar-refractivity contribution in [2.75, 3.05) is 18.8 Å². The summed E-state index contributed by atoms with van der Waals surface area (Å²) in [6, 6.07) is -1.21. The Labute approximate surface area is 204 Å². The van der Waals surface area contributed by atoms with Gasteiger partial charge in [-0.05, 0) is 25.8 Å². The topological polar surface area (TPSA) is 165 Å². The average Bonchev–Trinajstić information content (AvgIpc) is 3.11. The van der Waals surface area contributed by atoms with Crippen molar-refractivity contribution in [3.05, 3.63) is 0 Å². The molecule has 1 saturated heterocycles. The van der Waals surface area contributed by atoms with E-state index in [1.54, 1.807) is 0 Å². The second-order valence-electron chi connectivity index (χ2n) is 7.94. The summed E-state index contributed by atoms with van der Waals surface area (Å²) in [5.74, 6) is -2.67. The van der Waals surface area contributed by atoms with Gasteiger partial charge in [0.25, 0.3) is 11.8 Å². The SMILES string of the molecule is CCCCCNC(=O)CCSC(=O)C(CC(=O)ON1C(=O)CCC1=O)NC(=O)CCCCCN. The maximum absolute atomic E-state index is 12.7. The zero-order chi connectivity index (χ0) is 25.3. The number of unbranched alkanes of at least 4 members (excludes halogenated alkanes) is 4. The Morgan fingerprint density at radius 3 is 2.35 bits per heavy atom. The molecule has 0 aliphatic carbocycles. The summed E-state index contributed by atoms with van der Waals surface area (Å²) in [6.07, 6.45) is 4.69. The second kappa shape index (κ2) is 17.0. The lowest BCUT2D eigenvalue weighted by Crippen LogP contribution is -2.43. The summed E-state index contributed by atoms with van der Waals surface area (Å²) in [5.41, 5.74) is 5.44. The molecule has 34 heavy (non-hydrogen) atoms. The minimum absolute atomic E-state index is 0.0512. The van der Waals surface area contributed by atoms with Crippen LogP contribution >= 0.6 is 11.8 Å². The number of carbonyl (C=O) groups excluding carboxylic acids is 6. The Kier molecular flexibility index (Phi) is 14.8. The summed E-state index contributed by atoms with van der Waals surface area (Å²) in [6.45, 7) is 3.16. The first-order chi connectivity index (χ1) is 16.3. The van der Waals surface area contributed by atoms with Crippen LogP contribution in [0.25, 0.3) is 0 Å². The molecular formula is C22H36N4O7S. The Morgan fingerprint density at radius 2 is 1.71 bits per heavy atom. The predicted octanol–water partition coefficient (Wildman–Crippen LogP) is 0.944. The van der Waals surface area contributed by atoms with Crippen molar-refractivity contribution < 1.29 is 33.6 Å². The van der Waals surface area contributed by atoms with E-state index in [2.05, 4.69) is 17.6 Å². The summed E-state index contributed by atoms with van der Waals surface area (Å²) in [5, 5.41) is 5.20. The number of nitrogens with one attached hydrogen (secondary N) is 2. The monoisotopic (exact) mass is 500 g/mol. The molecule has 4 N–H and O–H groups in total. The number of nitrogens with two attached hydrogens (primary N) is 1. The van der Waals surface area contributed by atoms with Gasteiger partial charge in [0.05, 0.1) is 6.42 Å². The molecule has 0 aromatic carbocycles. The number of imide groups is 1. The smallest absolute Gasteiger partial charge is 0.335 e. The molecule has 0 aromatic heterocycles. The molecule has 0 saturated carbocycles. The van der Waals surface area contributed by atoms with Crippen molar-refractivity contribution in [3.8, 4) is 0 Å². The van der Waals surface area contributed by atoms with E-state index in [1.165, 1.54) is 0 Å². The van der Waals surface area contributed by atoms with Gasteiger partial charge in [-0.25, -0.2) is 4.79 Å². The lowest BCUT2D eigenvalue weighted by Gasteiger charge is -2.18. The van der Waals surface area contributed by atoms with Crippen LogP contribution < -0.4 is 16.4 Å². The van der Waals surface area contributed by atoms with Crippen molar-refractivity contribution in [1.29, 1.82) is 0 Å². The Morgan fingerprint density at radius 1 is 1.00 bits per heavy atom. The van der Waals surface area contributed by atoms with Crippen molar-refractivity contribution in [3.63, 3.8) is 0 Å². The number of hydrogen-bond acceptors (Lipinski definition) is 9. The van der Waals surface area contributed by atoms with E-state index < -0.39 is 41.3 Å². The van der Waals surface area contributed by atoms with Gasteiger partial charge in [0.2, 0.25) is 16.9 Å². The molecule has 12 heteroatoms. The van der Waals surface area contributed by atoms with Crippen LogP contribution in [0.3, 0.4) is 0 Å². The van der Waals surface area contributed by atoms with E-state index >= 15 is 0 Å². The van der Waals surface area contributed by atoms with Crippen molar-refractivity contribution >= 4 is 46.5 Å². The van der Waals surface area contributed by atoms with Crippen LogP contribution in [0.15, 0.2) is 0 Å². The molecular weight excluding hydrogens is 464 g/mol. The quantitative estimate of drug-likeness (QED) is 0.195. The number of hydrogen-bond donors (Lipinski definition) is 3. The molecule has 1 heterocycles. The summed E-state index contributed by atoms with van der Waals surface area (Å²) in [7, 11) is 0. The summed E-state index contributed by atoms with van der Waals surface area (Å²) in [4.78, 5) is 77.2. The fraction of sp³-hybridized carbons (Fsp3) is 0.727. The fourth-order valence-electron chi connectivity index (χ4n) is 3.07. The normalized spacial score (nSPS) is 14.1. The maximum atomic E-state index is 12.7. The number of thioether (sulfide) groups is 1. The van der Waals surface area contributed by atoms with E-state index in [-0.39, 0.29) is 37.3 Å². The van der Waals surface area contributed by atoms with E-state index in [4.69, 9.17) is 10.6 Å².